The summed E-state index contributed by atoms with van der Waals surface area (Å²) in [6.45, 7) is 4.80. The molecule has 0 aliphatic carbocycles. The third-order valence-electron chi connectivity index (χ3n) is 3.61. The number of hydrogen-bond donors (Lipinski definition) is 1. The molecule has 2 heterocycles. The van der Waals surface area contributed by atoms with Gasteiger partial charge in [-0.15, -0.1) is 0 Å². The van der Waals surface area contributed by atoms with E-state index >= 15 is 0 Å². The molecule has 1 aromatic rings. The summed E-state index contributed by atoms with van der Waals surface area (Å²) in [5.74, 6) is -0.611. The number of aliphatic carboxylic acids is 1. The maximum Gasteiger partial charge on any atom is 0.321 e. The van der Waals surface area contributed by atoms with Crippen molar-refractivity contribution in [3.05, 3.63) is 30.1 Å². The molecule has 1 aromatic heterocycles. The van der Waals surface area contributed by atoms with E-state index in [4.69, 9.17) is 0 Å². The number of carboxylic acids is 1. The number of carboxylic acid groups (broad SMARTS) is 1. The third kappa shape index (κ3) is 2.53. The Labute approximate surface area is 108 Å². The molecule has 0 amide bonds. The Balaban J connectivity index is 2.24. The zero-order chi connectivity index (χ0) is 13.1. The van der Waals surface area contributed by atoms with Crippen molar-refractivity contribution in [3.8, 4) is 0 Å². The van der Waals surface area contributed by atoms with Crippen molar-refractivity contribution in [2.24, 2.45) is 5.92 Å². The molecule has 1 N–H and O–H groups in total. The first-order valence-corrected chi connectivity index (χ1v) is 6.49. The van der Waals surface area contributed by atoms with Crippen LogP contribution in [0.3, 0.4) is 0 Å². The molecule has 4 heteroatoms. The summed E-state index contributed by atoms with van der Waals surface area (Å²) >= 11 is 0. The Morgan fingerprint density at radius 3 is 2.89 bits per heavy atom. The molecule has 2 rings (SSSR count). The van der Waals surface area contributed by atoms with Crippen LogP contribution in [0.1, 0.15) is 38.3 Å². The fourth-order valence-electron chi connectivity index (χ4n) is 2.86. The molecule has 0 unspecified atom stereocenters. The van der Waals surface area contributed by atoms with Crippen LogP contribution in [0.4, 0.5) is 0 Å². The van der Waals surface area contributed by atoms with Gasteiger partial charge < -0.3 is 5.11 Å². The first kappa shape index (κ1) is 13.0. The molecule has 0 spiro atoms. The van der Waals surface area contributed by atoms with E-state index in [0.717, 1.165) is 24.9 Å². The lowest BCUT2D eigenvalue weighted by Gasteiger charge is -2.32. The Hall–Kier alpha value is -1.42. The molecular formula is C14H20N2O2. The molecular weight excluding hydrogens is 228 g/mol. The van der Waals surface area contributed by atoms with Gasteiger partial charge in [0.15, 0.2) is 0 Å². The number of pyridine rings is 1. The van der Waals surface area contributed by atoms with Gasteiger partial charge in [-0.2, -0.15) is 0 Å². The highest BCUT2D eigenvalue weighted by Crippen LogP contribution is 2.34. The summed E-state index contributed by atoms with van der Waals surface area (Å²) in [6, 6.07) is 3.74. The van der Waals surface area contributed by atoms with Crippen molar-refractivity contribution in [2.45, 2.75) is 38.8 Å². The summed E-state index contributed by atoms with van der Waals surface area (Å²) in [7, 11) is 0. The van der Waals surface area contributed by atoms with Gasteiger partial charge in [0, 0.05) is 18.4 Å². The Kier molecular flexibility index (Phi) is 3.97. The monoisotopic (exact) mass is 248 g/mol. The van der Waals surface area contributed by atoms with Crippen molar-refractivity contribution in [1.29, 1.82) is 0 Å². The van der Waals surface area contributed by atoms with Gasteiger partial charge in [0.2, 0.25) is 0 Å². The van der Waals surface area contributed by atoms with Gasteiger partial charge in [0.25, 0.3) is 0 Å². The van der Waals surface area contributed by atoms with Gasteiger partial charge >= 0.3 is 5.97 Å². The summed E-state index contributed by atoms with van der Waals surface area (Å²) in [5.41, 5.74) is 1.13. The molecule has 1 saturated heterocycles. The summed E-state index contributed by atoms with van der Waals surface area (Å²) in [6.07, 6.45) is 5.67. The first-order valence-electron chi connectivity index (χ1n) is 6.49. The van der Waals surface area contributed by atoms with E-state index < -0.39 is 12.0 Å². The smallest absolute Gasteiger partial charge is 0.321 e. The highest BCUT2D eigenvalue weighted by Gasteiger charge is 2.37. The van der Waals surface area contributed by atoms with E-state index in [1.807, 2.05) is 32.2 Å². The molecule has 0 saturated carbocycles. The number of carbonyl (C=O) groups is 1. The lowest BCUT2D eigenvalue weighted by atomic mass is 9.99. The normalized spacial score (nSPS) is 22.3. The summed E-state index contributed by atoms with van der Waals surface area (Å²) in [4.78, 5) is 17.7. The largest absolute Gasteiger partial charge is 0.480 e. The molecule has 2 atom stereocenters. The Morgan fingerprint density at radius 1 is 1.56 bits per heavy atom. The van der Waals surface area contributed by atoms with Crippen molar-refractivity contribution < 1.29 is 9.90 Å². The third-order valence-corrected chi connectivity index (χ3v) is 3.61. The van der Waals surface area contributed by atoms with Crippen LogP contribution in [-0.4, -0.2) is 33.5 Å². The van der Waals surface area contributed by atoms with Crippen LogP contribution in [0.25, 0.3) is 0 Å². The minimum atomic E-state index is -0.721. The Morgan fingerprint density at radius 2 is 2.33 bits per heavy atom. The number of likely N-dealkylation sites (tertiary alicyclic amines) is 1. The van der Waals surface area contributed by atoms with Crippen LogP contribution in [0.15, 0.2) is 24.5 Å². The summed E-state index contributed by atoms with van der Waals surface area (Å²) in [5, 5.41) is 9.41. The van der Waals surface area contributed by atoms with E-state index in [1.54, 1.807) is 6.20 Å². The van der Waals surface area contributed by atoms with Crippen molar-refractivity contribution in [1.82, 2.24) is 9.88 Å². The van der Waals surface area contributed by atoms with Crippen molar-refractivity contribution in [2.75, 3.05) is 6.54 Å². The molecule has 0 aromatic carbocycles. The van der Waals surface area contributed by atoms with Gasteiger partial charge in [-0.3, -0.25) is 14.7 Å². The second kappa shape index (κ2) is 5.48. The van der Waals surface area contributed by atoms with E-state index in [2.05, 4.69) is 9.88 Å². The molecule has 18 heavy (non-hydrogen) atoms. The molecule has 4 nitrogen and oxygen atoms in total. The number of aromatic nitrogens is 1. The van der Waals surface area contributed by atoms with E-state index in [1.165, 1.54) is 0 Å². The van der Waals surface area contributed by atoms with Crippen LogP contribution in [0, 0.1) is 5.92 Å². The van der Waals surface area contributed by atoms with Crippen LogP contribution < -0.4 is 0 Å². The fraction of sp³-hybridized carbons (Fsp3) is 0.571. The van der Waals surface area contributed by atoms with Gasteiger partial charge in [0.05, 0.1) is 0 Å². The van der Waals surface area contributed by atoms with Crippen LogP contribution in [0.5, 0.6) is 0 Å². The second-order valence-corrected chi connectivity index (χ2v) is 5.21. The predicted molar refractivity (Wildman–Crippen MR) is 69.2 cm³/mol. The zero-order valence-corrected chi connectivity index (χ0v) is 10.9. The molecule has 98 valence electrons. The van der Waals surface area contributed by atoms with Crippen molar-refractivity contribution in [3.63, 3.8) is 0 Å². The topological polar surface area (TPSA) is 53.4 Å². The van der Waals surface area contributed by atoms with E-state index in [9.17, 15) is 9.90 Å². The average molecular weight is 248 g/mol. The SMILES string of the molecule is CC(C)[C@@H](C(=O)O)N1CCC[C@@H]1c1cccnc1. The molecule has 0 radical (unpaired) electrons. The predicted octanol–water partition coefficient (Wildman–Crippen LogP) is 2.33. The minimum absolute atomic E-state index is 0.111. The maximum absolute atomic E-state index is 11.4. The average Bonchev–Trinajstić information content (AvgIpc) is 2.78. The fourth-order valence-corrected chi connectivity index (χ4v) is 2.86. The quantitative estimate of drug-likeness (QED) is 0.888. The molecule has 1 aliphatic rings. The number of hydrogen-bond acceptors (Lipinski definition) is 3. The standard InChI is InChI=1S/C14H20N2O2/c1-10(2)13(14(17)18)16-8-4-6-12(16)11-5-3-7-15-9-11/h3,5,7,9-10,12-13H,4,6,8H2,1-2H3,(H,17,18)/t12-,13+/m1/s1. The number of rotatable bonds is 4. The maximum atomic E-state index is 11.4. The van der Waals surface area contributed by atoms with E-state index in [-0.39, 0.29) is 12.0 Å². The molecule has 1 fully saturated rings. The van der Waals surface area contributed by atoms with Gasteiger partial charge in [-0.05, 0) is 36.9 Å². The van der Waals surface area contributed by atoms with Gasteiger partial charge in [0.1, 0.15) is 6.04 Å². The van der Waals surface area contributed by atoms with Crippen LogP contribution in [-0.2, 0) is 4.79 Å². The zero-order valence-electron chi connectivity index (χ0n) is 10.9. The molecule has 1 aliphatic heterocycles. The van der Waals surface area contributed by atoms with Crippen molar-refractivity contribution >= 4 is 5.97 Å². The second-order valence-electron chi connectivity index (χ2n) is 5.21. The van der Waals surface area contributed by atoms with E-state index in [0.29, 0.717) is 0 Å². The lowest BCUT2D eigenvalue weighted by molar-refractivity contribution is -0.145. The lowest BCUT2D eigenvalue weighted by Crippen LogP contribution is -2.44. The van der Waals surface area contributed by atoms with Gasteiger partial charge in [-0.1, -0.05) is 19.9 Å². The van der Waals surface area contributed by atoms with Gasteiger partial charge in [-0.25, -0.2) is 0 Å². The van der Waals surface area contributed by atoms with Crippen LogP contribution >= 0.6 is 0 Å². The highest BCUT2D eigenvalue weighted by molar-refractivity contribution is 5.74. The Bertz CT molecular complexity index is 406. The molecule has 0 bridgehead atoms. The highest BCUT2D eigenvalue weighted by atomic mass is 16.4. The number of nitrogens with zero attached hydrogens (tertiary/aromatic N) is 2. The van der Waals surface area contributed by atoms with Crippen LogP contribution in [0.2, 0.25) is 0 Å². The summed E-state index contributed by atoms with van der Waals surface area (Å²) < 4.78 is 0. The minimum Gasteiger partial charge on any atom is -0.480 e. The first-order chi connectivity index (χ1) is 8.61.